The molecule has 10 heavy (non-hydrogen) atoms. The van der Waals surface area contributed by atoms with Crippen LogP contribution < -0.4 is 16.8 Å². The smallest absolute Gasteiger partial charge is 0.148 e. The van der Waals surface area contributed by atoms with Gasteiger partial charge in [0.15, 0.2) is 0 Å². The van der Waals surface area contributed by atoms with Crippen LogP contribution in [0.25, 0.3) is 0 Å². The lowest BCUT2D eigenvalue weighted by atomic mass is 10.3. The van der Waals surface area contributed by atoms with Gasteiger partial charge < -0.3 is 16.8 Å². The Kier molecular flexibility index (Phi) is 1.62. The quantitative estimate of drug-likeness (QED) is 0.521. The number of nitrogens with two attached hydrogens (primary N) is 2. The molecule has 0 saturated carbocycles. The molecule has 0 radical (unpaired) electrons. The Bertz CT molecular complexity index is 233. The molecule has 1 heterocycles. The summed E-state index contributed by atoms with van der Waals surface area (Å²) >= 11 is 0. The number of hydrogen-bond donors (Lipinski definition) is 3. The number of pyridine rings is 1. The third-order valence-electron chi connectivity index (χ3n) is 1.29. The minimum Gasteiger partial charge on any atom is -0.394 e. The Labute approximate surface area is 59.2 Å². The van der Waals surface area contributed by atoms with Crippen molar-refractivity contribution in [2.75, 3.05) is 23.8 Å². The van der Waals surface area contributed by atoms with E-state index in [1.807, 2.05) is 0 Å². The van der Waals surface area contributed by atoms with E-state index in [0.717, 1.165) is 5.69 Å². The molecule has 1 aromatic heterocycles. The molecule has 0 unspecified atom stereocenters. The van der Waals surface area contributed by atoms with Crippen molar-refractivity contribution >= 4 is 17.2 Å². The second-order valence-electron chi connectivity index (χ2n) is 1.91. The van der Waals surface area contributed by atoms with Crippen molar-refractivity contribution in [3.63, 3.8) is 0 Å². The van der Waals surface area contributed by atoms with Gasteiger partial charge in [-0.25, -0.2) is 4.98 Å². The van der Waals surface area contributed by atoms with Gasteiger partial charge in [0, 0.05) is 13.2 Å². The summed E-state index contributed by atoms with van der Waals surface area (Å²) in [6.07, 6.45) is 1.61. The maximum Gasteiger partial charge on any atom is 0.148 e. The first-order valence-electron chi connectivity index (χ1n) is 2.93. The first-order chi connectivity index (χ1) is 4.75. The highest BCUT2D eigenvalue weighted by Crippen LogP contribution is 2.20. The van der Waals surface area contributed by atoms with Crippen LogP contribution >= 0.6 is 0 Å². The lowest BCUT2D eigenvalue weighted by molar-refractivity contribution is 1.33. The maximum absolute atomic E-state index is 5.54. The van der Waals surface area contributed by atoms with E-state index in [9.17, 15) is 0 Å². The molecule has 1 rings (SSSR count). The maximum atomic E-state index is 5.54. The number of anilines is 3. The monoisotopic (exact) mass is 138 g/mol. The van der Waals surface area contributed by atoms with Crippen molar-refractivity contribution in [2.45, 2.75) is 0 Å². The molecule has 0 atom stereocenters. The van der Waals surface area contributed by atoms with Gasteiger partial charge in [0.25, 0.3) is 0 Å². The Morgan fingerprint density at radius 1 is 1.50 bits per heavy atom. The van der Waals surface area contributed by atoms with E-state index in [-0.39, 0.29) is 0 Å². The van der Waals surface area contributed by atoms with Crippen LogP contribution in [0.2, 0.25) is 0 Å². The molecule has 1 aromatic rings. The minimum absolute atomic E-state index is 0.367. The third-order valence-corrected chi connectivity index (χ3v) is 1.29. The summed E-state index contributed by atoms with van der Waals surface area (Å²) in [5.41, 5.74) is 12.3. The molecule has 0 bridgehead atoms. The molecule has 0 fully saturated rings. The van der Waals surface area contributed by atoms with Crippen molar-refractivity contribution in [3.8, 4) is 0 Å². The van der Waals surface area contributed by atoms with Gasteiger partial charge in [0.05, 0.1) is 11.4 Å². The van der Waals surface area contributed by atoms with Crippen molar-refractivity contribution in [3.05, 3.63) is 12.3 Å². The van der Waals surface area contributed by atoms with Gasteiger partial charge in [-0.1, -0.05) is 0 Å². The number of aromatic nitrogens is 1. The van der Waals surface area contributed by atoms with Gasteiger partial charge in [0.1, 0.15) is 5.82 Å². The topological polar surface area (TPSA) is 77.0 Å². The van der Waals surface area contributed by atoms with Crippen molar-refractivity contribution in [1.29, 1.82) is 0 Å². The molecule has 0 aliphatic heterocycles. The van der Waals surface area contributed by atoms with Crippen molar-refractivity contribution in [2.24, 2.45) is 0 Å². The van der Waals surface area contributed by atoms with Gasteiger partial charge in [0.2, 0.25) is 0 Å². The summed E-state index contributed by atoms with van der Waals surface area (Å²) < 4.78 is 0. The highest BCUT2D eigenvalue weighted by atomic mass is 14.9. The number of rotatable bonds is 1. The van der Waals surface area contributed by atoms with Gasteiger partial charge >= 0.3 is 0 Å². The minimum atomic E-state index is 0.367. The molecule has 0 spiro atoms. The molecule has 0 aromatic carbocycles. The van der Waals surface area contributed by atoms with Gasteiger partial charge in [-0.2, -0.15) is 0 Å². The zero-order valence-electron chi connectivity index (χ0n) is 5.76. The highest BCUT2D eigenvalue weighted by Gasteiger charge is 1.98. The molecule has 5 N–H and O–H groups in total. The first-order valence-corrected chi connectivity index (χ1v) is 2.93. The van der Waals surface area contributed by atoms with E-state index in [0.29, 0.717) is 11.5 Å². The van der Waals surface area contributed by atoms with Crippen molar-refractivity contribution < 1.29 is 0 Å². The molecular formula is C6H10N4. The summed E-state index contributed by atoms with van der Waals surface area (Å²) in [5, 5.41) is 2.89. The van der Waals surface area contributed by atoms with E-state index < -0.39 is 0 Å². The fourth-order valence-corrected chi connectivity index (χ4v) is 0.707. The molecule has 0 aliphatic rings. The standard InChI is InChI=1S/C6H10N4/c1-9-4-2-3-10-6(8)5(4)7/h2-3H,7H2,1H3,(H3,8,9,10). The van der Waals surface area contributed by atoms with E-state index in [1.54, 1.807) is 19.3 Å². The van der Waals surface area contributed by atoms with Crippen LogP contribution in [0.5, 0.6) is 0 Å². The second-order valence-corrected chi connectivity index (χ2v) is 1.91. The molecule has 0 aliphatic carbocycles. The SMILES string of the molecule is CNc1ccnc(N)c1N. The Morgan fingerprint density at radius 2 is 2.20 bits per heavy atom. The van der Waals surface area contributed by atoms with E-state index >= 15 is 0 Å². The fourth-order valence-electron chi connectivity index (χ4n) is 0.707. The summed E-state index contributed by atoms with van der Waals surface area (Å²) in [7, 11) is 1.78. The lowest BCUT2D eigenvalue weighted by Gasteiger charge is -2.04. The van der Waals surface area contributed by atoms with E-state index in [2.05, 4.69) is 10.3 Å². The lowest BCUT2D eigenvalue weighted by Crippen LogP contribution is -2.01. The van der Waals surface area contributed by atoms with Crippen molar-refractivity contribution in [1.82, 2.24) is 4.98 Å². The van der Waals surface area contributed by atoms with Crippen LogP contribution in [0.3, 0.4) is 0 Å². The van der Waals surface area contributed by atoms with Crippen LogP contribution in [-0.2, 0) is 0 Å². The summed E-state index contributed by atoms with van der Waals surface area (Å²) in [4.78, 5) is 3.80. The van der Waals surface area contributed by atoms with Gasteiger partial charge in [-0.3, -0.25) is 0 Å². The summed E-state index contributed by atoms with van der Waals surface area (Å²) in [6, 6.07) is 1.77. The molecule has 0 amide bonds. The number of nitrogens with one attached hydrogen (secondary N) is 1. The first kappa shape index (κ1) is 6.67. The Hall–Kier alpha value is -1.45. The zero-order valence-corrected chi connectivity index (χ0v) is 5.76. The largest absolute Gasteiger partial charge is 0.394 e. The van der Waals surface area contributed by atoms with E-state index in [4.69, 9.17) is 11.5 Å². The van der Waals surface area contributed by atoms with Crippen LogP contribution in [0, 0.1) is 0 Å². The average Bonchev–Trinajstić information content (AvgIpc) is 1.95. The van der Waals surface area contributed by atoms with Gasteiger partial charge in [-0.15, -0.1) is 0 Å². The summed E-state index contributed by atoms with van der Waals surface area (Å²) in [6.45, 7) is 0. The predicted octanol–water partition coefficient (Wildman–Crippen LogP) is 0.288. The second kappa shape index (κ2) is 2.43. The van der Waals surface area contributed by atoms with Crippen LogP contribution in [0.15, 0.2) is 12.3 Å². The number of hydrogen-bond acceptors (Lipinski definition) is 4. The van der Waals surface area contributed by atoms with Gasteiger partial charge in [-0.05, 0) is 6.07 Å². The molecule has 54 valence electrons. The molecule has 0 saturated heterocycles. The Morgan fingerprint density at radius 3 is 2.70 bits per heavy atom. The van der Waals surface area contributed by atoms with Crippen LogP contribution in [0.1, 0.15) is 0 Å². The van der Waals surface area contributed by atoms with E-state index in [1.165, 1.54) is 0 Å². The summed E-state index contributed by atoms with van der Waals surface area (Å²) in [5.74, 6) is 0.367. The molecule has 4 heteroatoms. The molecular weight excluding hydrogens is 128 g/mol. The highest BCUT2D eigenvalue weighted by molar-refractivity contribution is 5.75. The Balaban J connectivity index is 3.14. The fraction of sp³-hybridized carbons (Fsp3) is 0.167. The number of nitrogen functional groups attached to an aromatic ring is 2. The predicted molar refractivity (Wildman–Crippen MR) is 42.6 cm³/mol. The molecule has 4 nitrogen and oxygen atoms in total. The normalized spacial score (nSPS) is 9.30. The van der Waals surface area contributed by atoms with Crippen LogP contribution in [-0.4, -0.2) is 12.0 Å². The third kappa shape index (κ3) is 0.953. The number of nitrogens with zero attached hydrogens (tertiary/aromatic N) is 1. The zero-order chi connectivity index (χ0) is 7.56. The van der Waals surface area contributed by atoms with Crippen LogP contribution in [0.4, 0.5) is 17.2 Å². The average molecular weight is 138 g/mol.